The Morgan fingerprint density at radius 1 is 1.05 bits per heavy atom. The van der Waals surface area contributed by atoms with Gasteiger partial charge in [0, 0.05) is 43.4 Å². The Bertz CT molecular complexity index is 496. The molecule has 0 amide bonds. The first-order chi connectivity index (χ1) is 10.3. The molecule has 3 heteroatoms. The zero-order valence-corrected chi connectivity index (χ0v) is 13.4. The van der Waals surface area contributed by atoms with Crippen LogP contribution in [0.3, 0.4) is 0 Å². The van der Waals surface area contributed by atoms with Crippen LogP contribution >= 0.6 is 11.6 Å². The summed E-state index contributed by atoms with van der Waals surface area (Å²) in [5.41, 5.74) is 1.28. The zero-order chi connectivity index (χ0) is 14.2. The molecule has 3 aliphatic rings. The number of nitrogens with zero attached hydrogens (tertiary/aromatic N) is 2. The number of benzene rings is 1. The molecule has 114 valence electrons. The third-order valence-corrected chi connectivity index (χ3v) is 6.16. The number of fused-ring (bicyclic) bond motifs is 2. The molecule has 1 aromatic carbocycles. The molecule has 1 heterocycles. The molecule has 1 saturated heterocycles. The third kappa shape index (κ3) is 2.93. The second kappa shape index (κ2) is 5.81. The highest BCUT2D eigenvalue weighted by atomic mass is 35.5. The Labute approximate surface area is 133 Å². The maximum absolute atomic E-state index is 6.11. The van der Waals surface area contributed by atoms with Crippen LogP contribution in [-0.2, 0) is 0 Å². The highest BCUT2D eigenvalue weighted by Gasteiger charge is 2.40. The number of piperazine rings is 1. The van der Waals surface area contributed by atoms with Gasteiger partial charge in [0.15, 0.2) is 0 Å². The predicted octanol–water partition coefficient (Wildman–Crippen LogP) is 3.90. The lowest BCUT2D eigenvalue weighted by atomic mass is 9.88. The van der Waals surface area contributed by atoms with Crippen molar-refractivity contribution >= 4 is 17.3 Å². The maximum atomic E-state index is 6.11. The first kappa shape index (κ1) is 13.9. The van der Waals surface area contributed by atoms with E-state index in [1.54, 1.807) is 0 Å². The van der Waals surface area contributed by atoms with Gasteiger partial charge in [0.2, 0.25) is 0 Å². The first-order valence-corrected chi connectivity index (χ1v) is 8.88. The molecular formula is C18H25ClN2. The van der Waals surface area contributed by atoms with Gasteiger partial charge in [0.05, 0.1) is 0 Å². The van der Waals surface area contributed by atoms with E-state index in [0.717, 1.165) is 35.9 Å². The molecule has 2 aliphatic carbocycles. The van der Waals surface area contributed by atoms with Gasteiger partial charge >= 0.3 is 0 Å². The highest BCUT2D eigenvalue weighted by molar-refractivity contribution is 6.30. The fourth-order valence-corrected chi connectivity index (χ4v) is 4.98. The van der Waals surface area contributed by atoms with Crippen LogP contribution in [0, 0.1) is 17.8 Å². The van der Waals surface area contributed by atoms with Crippen molar-refractivity contribution in [3.63, 3.8) is 0 Å². The molecule has 1 aromatic rings. The SMILES string of the molecule is Clc1cccc(N2CCN(C[C@@H]3C[C@H]4CC[C@H]3C4)CC2)c1. The lowest BCUT2D eigenvalue weighted by Crippen LogP contribution is -2.48. The molecule has 0 N–H and O–H groups in total. The topological polar surface area (TPSA) is 6.48 Å². The smallest absolute Gasteiger partial charge is 0.0426 e. The van der Waals surface area contributed by atoms with Crippen LogP contribution in [0.5, 0.6) is 0 Å². The van der Waals surface area contributed by atoms with E-state index in [2.05, 4.69) is 28.0 Å². The Balaban J connectivity index is 1.30. The van der Waals surface area contributed by atoms with Crippen molar-refractivity contribution in [1.29, 1.82) is 0 Å². The van der Waals surface area contributed by atoms with E-state index in [9.17, 15) is 0 Å². The van der Waals surface area contributed by atoms with Crippen molar-refractivity contribution in [2.24, 2.45) is 17.8 Å². The van der Waals surface area contributed by atoms with Crippen LogP contribution < -0.4 is 4.90 Å². The van der Waals surface area contributed by atoms with Gasteiger partial charge in [-0.05, 0) is 55.2 Å². The number of halogens is 1. The minimum atomic E-state index is 0.844. The molecule has 0 radical (unpaired) electrons. The average molecular weight is 305 g/mol. The van der Waals surface area contributed by atoms with Crippen LogP contribution in [0.4, 0.5) is 5.69 Å². The number of hydrogen-bond donors (Lipinski definition) is 0. The molecule has 0 unspecified atom stereocenters. The van der Waals surface area contributed by atoms with Gasteiger partial charge in [0.25, 0.3) is 0 Å². The summed E-state index contributed by atoms with van der Waals surface area (Å²) in [6.45, 7) is 6.05. The minimum absolute atomic E-state index is 0.844. The third-order valence-electron chi connectivity index (χ3n) is 5.92. The van der Waals surface area contributed by atoms with Crippen LogP contribution in [0.2, 0.25) is 5.02 Å². The lowest BCUT2D eigenvalue weighted by Gasteiger charge is -2.38. The minimum Gasteiger partial charge on any atom is -0.369 e. The van der Waals surface area contributed by atoms with E-state index in [1.807, 2.05) is 6.07 Å². The molecule has 0 aromatic heterocycles. The van der Waals surface area contributed by atoms with Gasteiger partial charge in [-0.25, -0.2) is 0 Å². The highest BCUT2D eigenvalue weighted by Crippen LogP contribution is 2.48. The van der Waals surface area contributed by atoms with Crippen LogP contribution in [0.15, 0.2) is 24.3 Å². The van der Waals surface area contributed by atoms with Gasteiger partial charge in [-0.2, -0.15) is 0 Å². The zero-order valence-electron chi connectivity index (χ0n) is 12.7. The Hall–Kier alpha value is -0.730. The molecule has 0 spiro atoms. The summed E-state index contributed by atoms with van der Waals surface area (Å²) in [4.78, 5) is 5.18. The largest absolute Gasteiger partial charge is 0.369 e. The molecule has 2 nitrogen and oxygen atoms in total. The molecule has 2 bridgehead atoms. The Morgan fingerprint density at radius 2 is 1.90 bits per heavy atom. The second-order valence-electron chi connectivity index (χ2n) is 7.20. The predicted molar refractivity (Wildman–Crippen MR) is 89.0 cm³/mol. The molecule has 2 saturated carbocycles. The molecule has 1 aliphatic heterocycles. The number of anilines is 1. The van der Waals surface area contributed by atoms with Crippen molar-refractivity contribution in [1.82, 2.24) is 4.90 Å². The summed E-state index contributed by atoms with van der Waals surface area (Å²) in [6, 6.07) is 8.28. The van der Waals surface area contributed by atoms with E-state index in [-0.39, 0.29) is 0 Å². The number of rotatable bonds is 3. The first-order valence-electron chi connectivity index (χ1n) is 8.51. The van der Waals surface area contributed by atoms with Crippen molar-refractivity contribution < 1.29 is 0 Å². The van der Waals surface area contributed by atoms with Gasteiger partial charge in [-0.1, -0.05) is 24.1 Å². The maximum Gasteiger partial charge on any atom is 0.0426 e. The average Bonchev–Trinajstić information content (AvgIpc) is 3.11. The van der Waals surface area contributed by atoms with E-state index < -0.39 is 0 Å². The van der Waals surface area contributed by atoms with Crippen molar-refractivity contribution in [2.45, 2.75) is 25.7 Å². The van der Waals surface area contributed by atoms with E-state index in [1.165, 1.54) is 51.0 Å². The normalized spacial score (nSPS) is 32.8. The second-order valence-corrected chi connectivity index (χ2v) is 7.64. The molecular weight excluding hydrogens is 280 g/mol. The Morgan fingerprint density at radius 3 is 2.57 bits per heavy atom. The van der Waals surface area contributed by atoms with Crippen molar-refractivity contribution in [3.8, 4) is 0 Å². The number of hydrogen-bond acceptors (Lipinski definition) is 2. The monoisotopic (exact) mass is 304 g/mol. The molecule has 21 heavy (non-hydrogen) atoms. The summed E-state index contributed by atoms with van der Waals surface area (Å²) in [7, 11) is 0. The quantitative estimate of drug-likeness (QED) is 0.835. The Kier molecular flexibility index (Phi) is 3.85. The molecule has 3 atom stereocenters. The van der Waals surface area contributed by atoms with Crippen molar-refractivity contribution in [3.05, 3.63) is 29.3 Å². The fraction of sp³-hybridized carbons (Fsp3) is 0.667. The standard InChI is InChI=1S/C18H25ClN2/c19-17-2-1-3-18(12-17)21-8-6-20(7-9-21)13-16-11-14-4-5-15(16)10-14/h1-3,12,14-16H,4-11,13H2/t14-,15-,16-/m0/s1. The molecule has 4 rings (SSSR count). The van der Waals surface area contributed by atoms with Crippen molar-refractivity contribution in [2.75, 3.05) is 37.6 Å². The van der Waals surface area contributed by atoms with Crippen LogP contribution in [0.1, 0.15) is 25.7 Å². The van der Waals surface area contributed by atoms with E-state index in [0.29, 0.717) is 0 Å². The van der Waals surface area contributed by atoms with Crippen LogP contribution in [0.25, 0.3) is 0 Å². The van der Waals surface area contributed by atoms with E-state index in [4.69, 9.17) is 11.6 Å². The van der Waals surface area contributed by atoms with Crippen LogP contribution in [-0.4, -0.2) is 37.6 Å². The fourth-order valence-electron chi connectivity index (χ4n) is 4.79. The van der Waals surface area contributed by atoms with Gasteiger partial charge in [0.1, 0.15) is 0 Å². The summed E-state index contributed by atoms with van der Waals surface area (Å²) in [5.74, 6) is 3.13. The molecule has 3 fully saturated rings. The summed E-state index contributed by atoms with van der Waals surface area (Å²) in [6.07, 6.45) is 6.08. The summed E-state index contributed by atoms with van der Waals surface area (Å²) < 4.78 is 0. The van der Waals surface area contributed by atoms with E-state index >= 15 is 0 Å². The lowest BCUT2D eigenvalue weighted by molar-refractivity contribution is 0.182. The van der Waals surface area contributed by atoms with Gasteiger partial charge in [-0.15, -0.1) is 0 Å². The van der Waals surface area contributed by atoms with Gasteiger partial charge in [-0.3, -0.25) is 4.90 Å². The van der Waals surface area contributed by atoms with Gasteiger partial charge < -0.3 is 4.90 Å². The summed E-state index contributed by atoms with van der Waals surface area (Å²) in [5, 5.41) is 0.844. The summed E-state index contributed by atoms with van der Waals surface area (Å²) >= 11 is 6.11.